The van der Waals surface area contributed by atoms with E-state index in [4.69, 9.17) is 9.84 Å². The van der Waals surface area contributed by atoms with Crippen molar-refractivity contribution in [1.29, 1.82) is 0 Å². The average molecular weight is 173 g/mol. The molecule has 4 heteroatoms. The van der Waals surface area contributed by atoms with Gasteiger partial charge < -0.3 is 9.84 Å². The summed E-state index contributed by atoms with van der Waals surface area (Å²) in [4.78, 5) is 11.0. The van der Waals surface area contributed by atoms with Crippen LogP contribution in [0.25, 0.3) is 0 Å². The molecule has 0 amide bonds. The van der Waals surface area contributed by atoms with Crippen LogP contribution in [0.1, 0.15) is 6.92 Å². The fraction of sp³-hybridized carbons (Fsp3) is 0.625. The highest BCUT2D eigenvalue weighted by molar-refractivity contribution is 5.75. The second-order valence-electron chi connectivity index (χ2n) is 2.18. The standard InChI is InChI=1S/C8H15NO3/c1-3-5-9-7(6-10)8(11)12-4-2/h3,7,9-10H,1,4-6H2,2H3. The maximum Gasteiger partial charge on any atom is 0.325 e. The zero-order chi connectivity index (χ0) is 9.40. The largest absolute Gasteiger partial charge is 0.465 e. The van der Waals surface area contributed by atoms with Gasteiger partial charge in [-0.15, -0.1) is 6.58 Å². The molecule has 1 atom stereocenters. The van der Waals surface area contributed by atoms with Crippen molar-refractivity contribution in [3.8, 4) is 0 Å². The molecule has 0 saturated heterocycles. The van der Waals surface area contributed by atoms with Crippen LogP contribution in [0.4, 0.5) is 0 Å². The summed E-state index contributed by atoms with van der Waals surface area (Å²) in [6.45, 7) is 5.74. The monoisotopic (exact) mass is 173 g/mol. The van der Waals surface area contributed by atoms with Crippen LogP contribution in [-0.2, 0) is 9.53 Å². The Balaban J connectivity index is 3.78. The van der Waals surface area contributed by atoms with Crippen LogP contribution in [0.15, 0.2) is 12.7 Å². The Morgan fingerprint density at radius 2 is 2.50 bits per heavy atom. The average Bonchev–Trinajstić information content (AvgIpc) is 2.06. The van der Waals surface area contributed by atoms with E-state index in [1.165, 1.54) is 0 Å². The molecule has 12 heavy (non-hydrogen) atoms. The van der Waals surface area contributed by atoms with Gasteiger partial charge >= 0.3 is 5.97 Å². The van der Waals surface area contributed by atoms with Gasteiger partial charge in [0.2, 0.25) is 0 Å². The number of hydrogen-bond acceptors (Lipinski definition) is 4. The van der Waals surface area contributed by atoms with Crippen LogP contribution in [-0.4, -0.2) is 36.9 Å². The smallest absolute Gasteiger partial charge is 0.325 e. The Morgan fingerprint density at radius 3 is 2.92 bits per heavy atom. The Morgan fingerprint density at radius 1 is 1.83 bits per heavy atom. The predicted octanol–water partition coefficient (Wildman–Crippen LogP) is -0.314. The lowest BCUT2D eigenvalue weighted by Crippen LogP contribution is -2.41. The fourth-order valence-electron chi connectivity index (χ4n) is 0.691. The van der Waals surface area contributed by atoms with Gasteiger partial charge in [-0.25, -0.2) is 0 Å². The summed E-state index contributed by atoms with van der Waals surface area (Å²) in [5.74, 6) is -0.429. The van der Waals surface area contributed by atoms with Crippen molar-refractivity contribution in [2.24, 2.45) is 0 Å². The first-order valence-corrected chi connectivity index (χ1v) is 3.88. The van der Waals surface area contributed by atoms with E-state index < -0.39 is 12.0 Å². The van der Waals surface area contributed by atoms with Crippen LogP contribution in [0, 0.1) is 0 Å². The molecule has 0 aromatic rings. The quantitative estimate of drug-likeness (QED) is 0.427. The molecule has 0 aliphatic carbocycles. The molecule has 0 saturated carbocycles. The Labute approximate surface area is 72.2 Å². The van der Waals surface area contributed by atoms with E-state index in [-0.39, 0.29) is 6.61 Å². The van der Waals surface area contributed by atoms with Crippen LogP contribution in [0.5, 0.6) is 0 Å². The van der Waals surface area contributed by atoms with Crippen LogP contribution in [0.3, 0.4) is 0 Å². The number of rotatable bonds is 6. The van der Waals surface area contributed by atoms with E-state index in [2.05, 4.69) is 11.9 Å². The van der Waals surface area contributed by atoms with Crippen molar-refractivity contribution in [3.63, 3.8) is 0 Å². The zero-order valence-electron chi connectivity index (χ0n) is 7.25. The summed E-state index contributed by atoms with van der Waals surface area (Å²) in [6, 6.07) is -0.636. The molecular weight excluding hydrogens is 158 g/mol. The number of nitrogens with one attached hydrogen (secondary N) is 1. The van der Waals surface area contributed by atoms with Gasteiger partial charge in [-0.3, -0.25) is 10.1 Å². The molecule has 1 unspecified atom stereocenters. The van der Waals surface area contributed by atoms with Gasteiger partial charge in [-0.1, -0.05) is 6.08 Å². The first-order valence-electron chi connectivity index (χ1n) is 3.88. The minimum Gasteiger partial charge on any atom is -0.465 e. The second-order valence-corrected chi connectivity index (χ2v) is 2.18. The predicted molar refractivity (Wildman–Crippen MR) is 45.7 cm³/mol. The molecule has 0 heterocycles. The first kappa shape index (κ1) is 11.1. The summed E-state index contributed by atoms with van der Waals surface area (Å²) < 4.78 is 4.70. The topological polar surface area (TPSA) is 58.6 Å². The second kappa shape index (κ2) is 6.82. The third-order valence-corrected chi connectivity index (χ3v) is 1.26. The zero-order valence-corrected chi connectivity index (χ0v) is 7.25. The molecule has 0 aromatic heterocycles. The third-order valence-electron chi connectivity index (χ3n) is 1.26. The van der Waals surface area contributed by atoms with Gasteiger partial charge in [-0.05, 0) is 6.92 Å². The number of aliphatic hydroxyl groups is 1. The number of ether oxygens (including phenoxy) is 1. The van der Waals surface area contributed by atoms with E-state index in [9.17, 15) is 4.79 Å². The maximum absolute atomic E-state index is 11.0. The number of carbonyl (C=O) groups is 1. The van der Waals surface area contributed by atoms with E-state index in [1.807, 2.05) is 0 Å². The van der Waals surface area contributed by atoms with Gasteiger partial charge in [0.1, 0.15) is 6.04 Å². The summed E-state index contributed by atoms with van der Waals surface area (Å²) in [5, 5.41) is 11.5. The lowest BCUT2D eigenvalue weighted by Gasteiger charge is -2.12. The highest BCUT2D eigenvalue weighted by atomic mass is 16.5. The van der Waals surface area contributed by atoms with Gasteiger partial charge in [0.05, 0.1) is 13.2 Å². The Hall–Kier alpha value is -0.870. The van der Waals surface area contributed by atoms with Crippen molar-refractivity contribution >= 4 is 5.97 Å². The SMILES string of the molecule is C=CCNC(CO)C(=O)OCC. The van der Waals surface area contributed by atoms with Crippen molar-refractivity contribution < 1.29 is 14.6 Å². The van der Waals surface area contributed by atoms with E-state index in [0.717, 1.165) is 0 Å². The molecule has 70 valence electrons. The lowest BCUT2D eigenvalue weighted by molar-refractivity contribution is -0.146. The van der Waals surface area contributed by atoms with Gasteiger partial charge in [0.25, 0.3) is 0 Å². The minimum absolute atomic E-state index is 0.257. The number of carbonyl (C=O) groups excluding carboxylic acids is 1. The summed E-state index contributed by atoms with van der Waals surface area (Å²) in [5.41, 5.74) is 0. The van der Waals surface area contributed by atoms with Crippen molar-refractivity contribution in [3.05, 3.63) is 12.7 Å². The Kier molecular flexibility index (Phi) is 6.32. The van der Waals surface area contributed by atoms with Crippen LogP contribution >= 0.6 is 0 Å². The number of hydrogen-bond donors (Lipinski definition) is 2. The van der Waals surface area contributed by atoms with Crippen molar-refractivity contribution in [2.75, 3.05) is 19.8 Å². The molecular formula is C8H15NO3. The summed E-state index contributed by atoms with van der Waals surface area (Å²) >= 11 is 0. The highest BCUT2D eigenvalue weighted by Crippen LogP contribution is 1.87. The summed E-state index contributed by atoms with van der Waals surface area (Å²) in [6.07, 6.45) is 1.61. The molecule has 0 fully saturated rings. The van der Waals surface area contributed by atoms with Gasteiger partial charge in [-0.2, -0.15) is 0 Å². The van der Waals surface area contributed by atoms with Gasteiger partial charge in [0.15, 0.2) is 0 Å². The molecule has 0 rings (SSSR count). The van der Waals surface area contributed by atoms with E-state index in [1.54, 1.807) is 13.0 Å². The fourth-order valence-corrected chi connectivity index (χ4v) is 0.691. The normalized spacial score (nSPS) is 12.2. The van der Waals surface area contributed by atoms with Crippen LogP contribution < -0.4 is 5.32 Å². The maximum atomic E-state index is 11.0. The molecule has 0 radical (unpaired) electrons. The molecule has 0 aliphatic rings. The third kappa shape index (κ3) is 4.10. The minimum atomic E-state index is -0.636. The van der Waals surface area contributed by atoms with Crippen LogP contribution in [0.2, 0.25) is 0 Å². The molecule has 0 bridgehead atoms. The first-order chi connectivity index (χ1) is 5.76. The lowest BCUT2D eigenvalue weighted by atomic mass is 10.3. The molecule has 4 nitrogen and oxygen atoms in total. The van der Waals surface area contributed by atoms with Crippen molar-refractivity contribution in [2.45, 2.75) is 13.0 Å². The van der Waals surface area contributed by atoms with E-state index in [0.29, 0.717) is 13.2 Å². The molecule has 0 aromatic carbocycles. The Bertz CT molecular complexity index is 147. The summed E-state index contributed by atoms with van der Waals surface area (Å²) in [7, 11) is 0. The van der Waals surface area contributed by atoms with Gasteiger partial charge in [0, 0.05) is 6.54 Å². The highest BCUT2D eigenvalue weighted by Gasteiger charge is 2.16. The molecule has 0 spiro atoms. The number of esters is 1. The molecule has 2 N–H and O–H groups in total. The van der Waals surface area contributed by atoms with E-state index >= 15 is 0 Å². The van der Waals surface area contributed by atoms with Crippen molar-refractivity contribution in [1.82, 2.24) is 5.32 Å². The number of aliphatic hydroxyl groups excluding tert-OH is 1. The molecule has 0 aliphatic heterocycles.